The van der Waals surface area contributed by atoms with Crippen LogP contribution in [-0.2, 0) is 6.42 Å². The molecule has 1 atom stereocenters. The lowest BCUT2D eigenvalue weighted by Gasteiger charge is -2.25. The molecule has 2 N–H and O–H groups in total. The SMILES string of the molecule is N#Cc1ccc(C2CCCc3cncn32)cc1.O. The Hall–Kier alpha value is -2.12. The summed E-state index contributed by atoms with van der Waals surface area (Å²) in [6, 6.07) is 10.4. The van der Waals surface area contributed by atoms with E-state index in [1.807, 2.05) is 24.7 Å². The van der Waals surface area contributed by atoms with Crippen molar-refractivity contribution in [2.24, 2.45) is 0 Å². The Morgan fingerprint density at radius 3 is 2.78 bits per heavy atom. The number of hydrogen-bond acceptors (Lipinski definition) is 2. The monoisotopic (exact) mass is 241 g/mol. The van der Waals surface area contributed by atoms with E-state index in [0.29, 0.717) is 6.04 Å². The predicted octanol–water partition coefficient (Wildman–Crippen LogP) is 1.86. The summed E-state index contributed by atoms with van der Waals surface area (Å²) in [4.78, 5) is 4.22. The highest BCUT2D eigenvalue weighted by atomic mass is 16.0. The first-order chi connectivity index (χ1) is 8.38. The van der Waals surface area contributed by atoms with Crippen LogP contribution >= 0.6 is 0 Å². The summed E-state index contributed by atoms with van der Waals surface area (Å²) in [5.41, 5.74) is 3.30. The van der Waals surface area contributed by atoms with Gasteiger partial charge in [0.1, 0.15) is 0 Å². The van der Waals surface area contributed by atoms with Crippen LogP contribution < -0.4 is 0 Å². The molecule has 0 spiro atoms. The van der Waals surface area contributed by atoms with Gasteiger partial charge >= 0.3 is 0 Å². The van der Waals surface area contributed by atoms with Crippen molar-refractivity contribution in [1.29, 1.82) is 5.26 Å². The molecule has 0 bridgehead atoms. The molecule has 4 nitrogen and oxygen atoms in total. The van der Waals surface area contributed by atoms with E-state index >= 15 is 0 Å². The molecule has 1 aromatic heterocycles. The Labute approximate surface area is 106 Å². The minimum atomic E-state index is 0. The quantitative estimate of drug-likeness (QED) is 0.764. The van der Waals surface area contributed by atoms with Gasteiger partial charge in [-0.15, -0.1) is 0 Å². The standard InChI is InChI=1S/C14H13N3.H2O/c15-8-11-4-6-12(7-5-11)14-3-1-2-13-9-16-10-17(13)14;/h4-7,9-10,14H,1-3H2;1H2. The summed E-state index contributed by atoms with van der Waals surface area (Å²) in [5.74, 6) is 0. The first-order valence-corrected chi connectivity index (χ1v) is 5.89. The maximum atomic E-state index is 8.80. The van der Waals surface area contributed by atoms with Crippen LogP contribution in [-0.4, -0.2) is 15.0 Å². The second kappa shape index (κ2) is 5.03. The highest BCUT2D eigenvalue weighted by Crippen LogP contribution is 2.30. The zero-order chi connectivity index (χ0) is 11.7. The minimum absolute atomic E-state index is 0. The lowest BCUT2D eigenvalue weighted by atomic mass is 9.96. The van der Waals surface area contributed by atoms with E-state index < -0.39 is 0 Å². The number of benzene rings is 1. The molecule has 1 aromatic carbocycles. The maximum Gasteiger partial charge on any atom is 0.0991 e. The number of fused-ring (bicyclic) bond motifs is 1. The lowest BCUT2D eigenvalue weighted by molar-refractivity contribution is 0.458. The van der Waals surface area contributed by atoms with Crippen molar-refractivity contribution < 1.29 is 5.48 Å². The molecule has 0 radical (unpaired) electrons. The van der Waals surface area contributed by atoms with Crippen molar-refractivity contribution in [3.8, 4) is 6.07 Å². The second-order valence-electron chi connectivity index (χ2n) is 4.43. The molecule has 0 fully saturated rings. The van der Waals surface area contributed by atoms with E-state index in [2.05, 4.69) is 27.8 Å². The van der Waals surface area contributed by atoms with Gasteiger partial charge in [-0.1, -0.05) is 12.1 Å². The van der Waals surface area contributed by atoms with Crippen molar-refractivity contribution in [3.63, 3.8) is 0 Å². The molecule has 2 heterocycles. The molecule has 0 amide bonds. The van der Waals surface area contributed by atoms with Crippen LogP contribution in [0.25, 0.3) is 0 Å². The number of nitrogens with zero attached hydrogens (tertiary/aromatic N) is 3. The van der Waals surface area contributed by atoms with Crippen molar-refractivity contribution >= 4 is 0 Å². The average molecular weight is 241 g/mol. The number of nitriles is 1. The van der Waals surface area contributed by atoms with Crippen LogP contribution in [0.2, 0.25) is 0 Å². The van der Waals surface area contributed by atoms with E-state index in [-0.39, 0.29) is 5.48 Å². The van der Waals surface area contributed by atoms with E-state index in [9.17, 15) is 0 Å². The van der Waals surface area contributed by atoms with Crippen LogP contribution in [0.1, 0.15) is 35.7 Å². The Morgan fingerprint density at radius 2 is 2.06 bits per heavy atom. The fourth-order valence-electron chi connectivity index (χ4n) is 2.53. The van der Waals surface area contributed by atoms with Gasteiger partial charge in [0.2, 0.25) is 0 Å². The van der Waals surface area contributed by atoms with E-state index in [0.717, 1.165) is 18.4 Å². The van der Waals surface area contributed by atoms with E-state index in [1.165, 1.54) is 17.7 Å². The number of rotatable bonds is 1. The zero-order valence-electron chi connectivity index (χ0n) is 10.0. The molecule has 92 valence electrons. The molecule has 1 unspecified atom stereocenters. The molecule has 4 heteroatoms. The number of aromatic nitrogens is 2. The van der Waals surface area contributed by atoms with Crippen molar-refractivity contribution in [2.45, 2.75) is 25.3 Å². The molecule has 18 heavy (non-hydrogen) atoms. The molecule has 3 rings (SSSR count). The fourth-order valence-corrected chi connectivity index (χ4v) is 2.53. The van der Waals surface area contributed by atoms with Crippen LogP contribution in [0, 0.1) is 11.3 Å². The van der Waals surface area contributed by atoms with Crippen molar-refractivity contribution in [1.82, 2.24) is 9.55 Å². The molecule has 0 saturated carbocycles. The number of imidazole rings is 1. The summed E-state index contributed by atoms with van der Waals surface area (Å²) in [6.45, 7) is 0. The van der Waals surface area contributed by atoms with Gasteiger partial charge in [-0.3, -0.25) is 0 Å². The topological polar surface area (TPSA) is 73.1 Å². The fraction of sp³-hybridized carbons (Fsp3) is 0.286. The summed E-state index contributed by atoms with van der Waals surface area (Å²) in [5, 5.41) is 8.80. The first-order valence-electron chi connectivity index (χ1n) is 5.89. The Bertz CT molecular complexity index is 565. The Balaban J connectivity index is 0.00000120. The van der Waals surface area contributed by atoms with Crippen molar-refractivity contribution in [2.75, 3.05) is 0 Å². The van der Waals surface area contributed by atoms with Crippen LogP contribution in [0.15, 0.2) is 36.8 Å². The second-order valence-corrected chi connectivity index (χ2v) is 4.43. The predicted molar refractivity (Wildman–Crippen MR) is 68.1 cm³/mol. The Kier molecular flexibility index (Phi) is 3.45. The van der Waals surface area contributed by atoms with Gasteiger partial charge in [-0.25, -0.2) is 4.98 Å². The van der Waals surface area contributed by atoms with Crippen LogP contribution in [0.4, 0.5) is 0 Å². The molecule has 1 aliphatic heterocycles. The summed E-state index contributed by atoms with van der Waals surface area (Å²) in [7, 11) is 0. The van der Waals surface area contributed by atoms with Gasteiger partial charge in [-0.2, -0.15) is 5.26 Å². The molecular weight excluding hydrogens is 226 g/mol. The lowest BCUT2D eigenvalue weighted by Crippen LogP contribution is -2.17. The molecular formula is C14H15N3O. The maximum absolute atomic E-state index is 8.80. The normalized spacial score (nSPS) is 17.4. The summed E-state index contributed by atoms with van der Waals surface area (Å²) < 4.78 is 2.25. The molecule has 1 aliphatic rings. The minimum Gasteiger partial charge on any atom is -0.412 e. The third kappa shape index (κ3) is 2.01. The highest BCUT2D eigenvalue weighted by molar-refractivity contribution is 5.33. The largest absolute Gasteiger partial charge is 0.412 e. The van der Waals surface area contributed by atoms with Gasteiger partial charge in [0.15, 0.2) is 0 Å². The molecule has 0 aliphatic carbocycles. The van der Waals surface area contributed by atoms with Gasteiger partial charge in [0.25, 0.3) is 0 Å². The van der Waals surface area contributed by atoms with Gasteiger partial charge in [0, 0.05) is 11.9 Å². The number of aryl methyl sites for hydroxylation is 1. The Morgan fingerprint density at radius 1 is 1.28 bits per heavy atom. The van der Waals surface area contributed by atoms with E-state index in [4.69, 9.17) is 5.26 Å². The smallest absolute Gasteiger partial charge is 0.0991 e. The van der Waals surface area contributed by atoms with Gasteiger partial charge in [-0.05, 0) is 37.0 Å². The highest BCUT2D eigenvalue weighted by Gasteiger charge is 2.20. The third-order valence-electron chi connectivity index (χ3n) is 3.42. The van der Waals surface area contributed by atoms with E-state index in [1.54, 1.807) is 0 Å². The van der Waals surface area contributed by atoms with Crippen LogP contribution in [0.5, 0.6) is 0 Å². The molecule has 2 aromatic rings. The average Bonchev–Trinajstić information content (AvgIpc) is 2.87. The molecule has 0 saturated heterocycles. The summed E-state index contributed by atoms with van der Waals surface area (Å²) >= 11 is 0. The number of hydrogen-bond donors (Lipinski definition) is 0. The zero-order valence-corrected chi connectivity index (χ0v) is 10.0. The van der Waals surface area contributed by atoms with Crippen LogP contribution in [0.3, 0.4) is 0 Å². The van der Waals surface area contributed by atoms with Gasteiger partial charge < -0.3 is 10.0 Å². The first kappa shape index (κ1) is 12.3. The van der Waals surface area contributed by atoms with Crippen molar-refractivity contribution in [3.05, 3.63) is 53.6 Å². The third-order valence-corrected chi connectivity index (χ3v) is 3.42. The summed E-state index contributed by atoms with van der Waals surface area (Å²) in [6.07, 6.45) is 7.34. The van der Waals surface area contributed by atoms with Gasteiger partial charge in [0.05, 0.1) is 24.0 Å².